The largest absolute Gasteiger partial charge is 0.243 e. The Morgan fingerprint density at radius 2 is 1.88 bits per heavy atom. The van der Waals surface area contributed by atoms with Gasteiger partial charge in [-0.2, -0.15) is 0 Å². The third kappa shape index (κ3) is 2.94. The fourth-order valence-electron chi connectivity index (χ4n) is 1.31. The van der Waals surface area contributed by atoms with Crippen LogP contribution in [0.1, 0.15) is 11.1 Å². The maximum Gasteiger partial charge on any atom is 0.136 e. The standard InChI is InChI=1S/C13H9BrClN/c14-12-8-11(13(15)16-9-12)7-6-10-4-2-1-3-5-10/h1-9H. The Hall–Kier alpha value is -1.12. The lowest BCUT2D eigenvalue weighted by atomic mass is 10.2. The van der Waals surface area contributed by atoms with Crippen molar-refractivity contribution in [3.05, 3.63) is 63.3 Å². The summed E-state index contributed by atoms with van der Waals surface area (Å²) in [7, 11) is 0. The molecule has 2 aromatic rings. The molecule has 0 aliphatic rings. The smallest absolute Gasteiger partial charge is 0.136 e. The van der Waals surface area contributed by atoms with Crippen LogP contribution in [0, 0.1) is 0 Å². The summed E-state index contributed by atoms with van der Waals surface area (Å²) >= 11 is 9.35. The predicted molar refractivity (Wildman–Crippen MR) is 72.3 cm³/mol. The van der Waals surface area contributed by atoms with E-state index in [4.69, 9.17) is 11.6 Å². The van der Waals surface area contributed by atoms with Crippen LogP contribution >= 0.6 is 27.5 Å². The monoisotopic (exact) mass is 293 g/mol. The zero-order valence-electron chi connectivity index (χ0n) is 8.40. The molecule has 80 valence electrons. The van der Waals surface area contributed by atoms with Gasteiger partial charge in [-0.25, -0.2) is 4.98 Å². The van der Waals surface area contributed by atoms with Crippen LogP contribution in [0.25, 0.3) is 12.2 Å². The first-order valence-electron chi connectivity index (χ1n) is 4.80. The second-order valence-corrected chi connectivity index (χ2v) is 4.55. The molecular formula is C13H9BrClN. The number of hydrogen-bond acceptors (Lipinski definition) is 1. The minimum absolute atomic E-state index is 0.510. The van der Waals surface area contributed by atoms with Crippen molar-refractivity contribution in [2.75, 3.05) is 0 Å². The quantitative estimate of drug-likeness (QED) is 0.734. The van der Waals surface area contributed by atoms with Crippen molar-refractivity contribution in [1.82, 2.24) is 4.98 Å². The lowest BCUT2D eigenvalue weighted by Crippen LogP contribution is -1.80. The van der Waals surface area contributed by atoms with Crippen molar-refractivity contribution < 1.29 is 0 Å². The van der Waals surface area contributed by atoms with Crippen LogP contribution in [0.4, 0.5) is 0 Å². The third-order valence-corrected chi connectivity index (χ3v) is 2.84. The zero-order valence-corrected chi connectivity index (χ0v) is 10.7. The van der Waals surface area contributed by atoms with Gasteiger partial charge in [0.1, 0.15) is 5.15 Å². The van der Waals surface area contributed by atoms with E-state index in [0.717, 1.165) is 15.6 Å². The molecule has 1 heterocycles. The van der Waals surface area contributed by atoms with Gasteiger partial charge in [-0.3, -0.25) is 0 Å². The first-order chi connectivity index (χ1) is 7.75. The van der Waals surface area contributed by atoms with Crippen molar-refractivity contribution in [2.45, 2.75) is 0 Å². The summed E-state index contributed by atoms with van der Waals surface area (Å²) < 4.78 is 0.921. The topological polar surface area (TPSA) is 12.9 Å². The first kappa shape index (κ1) is 11.4. The van der Waals surface area contributed by atoms with Crippen LogP contribution < -0.4 is 0 Å². The second-order valence-electron chi connectivity index (χ2n) is 3.28. The maximum atomic E-state index is 5.98. The van der Waals surface area contributed by atoms with Gasteiger partial charge in [0.25, 0.3) is 0 Å². The third-order valence-electron chi connectivity index (χ3n) is 2.09. The van der Waals surface area contributed by atoms with Gasteiger partial charge in [0.15, 0.2) is 0 Å². The number of pyridine rings is 1. The van der Waals surface area contributed by atoms with E-state index in [0.29, 0.717) is 5.15 Å². The first-order valence-corrected chi connectivity index (χ1v) is 5.97. The molecule has 0 spiro atoms. The van der Waals surface area contributed by atoms with E-state index in [1.807, 2.05) is 48.6 Å². The van der Waals surface area contributed by atoms with Gasteiger partial charge in [0.2, 0.25) is 0 Å². The molecule has 2 rings (SSSR count). The number of halogens is 2. The van der Waals surface area contributed by atoms with E-state index < -0.39 is 0 Å². The number of benzene rings is 1. The Kier molecular flexibility index (Phi) is 3.75. The van der Waals surface area contributed by atoms with Gasteiger partial charge in [0, 0.05) is 16.2 Å². The summed E-state index contributed by atoms with van der Waals surface area (Å²) in [6, 6.07) is 12.0. The molecule has 16 heavy (non-hydrogen) atoms. The molecule has 0 bridgehead atoms. The molecule has 0 fully saturated rings. The van der Waals surface area contributed by atoms with Crippen LogP contribution in [0.3, 0.4) is 0 Å². The summed E-state index contributed by atoms with van der Waals surface area (Å²) in [6.07, 6.45) is 5.65. The molecule has 0 amide bonds. The van der Waals surface area contributed by atoms with E-state index in [1.54, 1.807) is 6.20 Å². The van der Waals surface area contributed by atoms with E-state index in [9.17, 15) is 0 Å². The van der Waals surface area contributed by atoms with Crippen LogP contribution in [0.2, 0.25) is 5.15 Å². The molecule has 0 aliphatic carbocycles. The fraction of sp³-hybridized carbons (Fsp3) is 0. The van der Waals surface area contributed by atoms with Gasteiger partial charge >= 0.3 is 0 Å². The summed E-state index contributed by atoms with van der Waals surface area (Å²) in [5.41, 5.74) is 2.04. The predicted octanol–water partition coefficient (Wildman–Crippen LogP) is 4.67. The summed E-state index contributed by atoms with van der Waals surface area (Å²) in [5, 5.41) is 0.510. The molecule has 3 heteroatoms. The van der Waals surface area contributed by atoms with Crippen LogP contribution in [-0.4, -0.2) is 4.98 Å². The summed E-state index contributed by atoms with van der Waals surface area (Å²) in [4.78, 5) is 4.06. The normalized spacial score (nSPS) is 10.9. The highest BCUT2D eigenvalue weighted by molar-refractivity contribution is 9.10. The van der Waals surface area contributed by atoms with Crippen molar-refractivity contribution in [3.63, 3.8) is 0 Å². The number of aromatic nitrogens is 1. The fourth-order valence-corrected chi connectivity index (χ4v) is 1.82. The van der Waals surface area contributed by atoms with E-state index >= 15 is 0 Å². The van der Waals surface area contributed by atoms with E-state index in [1.165, 1.54) is 0 Å². The molecule has 0 radical (unpaired) electrons. The minimum Gasteiger partial charge on any atom is -0.243 e. The average Bonchev–Trinajstić information content (AvgIpc) is 2.32. The number of nitrogens with zero attached hydrogens (tertiary/aromatic N) is 1. The Bertz CT molecular complexity index is 509. The van der Waals surface area contributed by atoms with Crippen LogP contribution in [-0.2, 0) is 0 Å². The second kappa shape index (κ2) is 5.28. The molecule has 0 saturated heterocycles. The lowest BCUT2D eigenvalue weighted by molar-refractivity contribution is 1.30. The van der Waals surface area contributed by atoms with Gasteiger partial charge in [-0.05, 0) is 27.6 Å². The van der Waals surface area contributed by atoms with Crippen molar-refractivity contribution in [1.29, 1.82) is 0 Å². The van der Waals surface area contributed by atoms with Crippen molar-refractivity contribution >= 4 is 39.7 Å². The lowest BCUT2D eigenvalue weighted by Gasteiger charge is -1.98. The van der Waals surface area contributed by atoms with Gasteiger partial charge in [0.05, 0.1) is 0 Å². The van der Waals surface area contributed by atoms with Crippen molar-refractivity contribution in [2.24, 2.45) is 0 Å². The molecular weight excluding hydrogens is 286 g/mol. The highest BCUT2D eigenvalue weighted by Crippen LogP contribution is 2.20. The number of rotatable bonds is 2. The zero-order chi connectivity index (χ0) is 11.4. The average molecular weight is 295 g/mol. The summed E-state index contributed by atoms with van der Waals surface area (Å²) in [6.45, 7) is 0. The van der Waals surface area contributed by atoms with Gasteiger partial charge in [-0.1, -0.05) is 54.1 Å². The molecule has 1 aromatic carbocycles. The Morgan fingerprint density at radius 3 is 2.62 bits per heavy atom. The Labute approximate surface area is 108 Å². The van der Waals surface area contributed by atoms with Crippen LogP contribution in [0.5, 0.6) is 0 Å². The maximum absolute atomic E-state index is 5.98. The SMILES string of the molecule is Clc1ncc(Br)cc1C=Cc1ccccc1. The molecule has 0 unspecified atom stereocenters. The molecule has 0 N–H and O–H groups in total. The Balaban J connectivity index is 2.27. The Morgan fingerprint density at radius 1 is 1.12 bits per heavy atom. The molecule has 0 aliphatic heterocycles. The van der Waals surface area contributed by atoms with E-state index in [-0.39, 0.29) is 0 Å². The number of hydrogen-bond donors (Lipinski definition) is 0. The van der Waals surface area contributed by atoms with E-state index in [2.05, 4.69) is 20.9 Å². The molecule has 1 nitrogen and oxygen atoms in total. The summed E-state index contributed by atoms with van der Waals surface area (Å²) in [5.74, 6) is 0. The van der Waals surface area contributed by atoms with Crippen molar-refractivity contribution in [3.8, 4) is 0 Å². The minimum atomic E-state index is 0.510. The molecule has 1 aromatic heterocycles. The molecule has 0 saturated carbocycles. The van der Waals surface area contributed by atoms with Crippen LogP contribution in [0.15, 0.2) is 47.1 Å². The highest BCUT2D eigenvalue weighted by Gasteiger charge is 1.98. The highest BCUT2D eigenvalue weighted by atomic mass is 79.9. The van der Waals surface area contributed by atoms with Gasteiger partial charge < -0.3 is 0 Å². The van der Waals surface area contributed by atoms with Gasteiger partial charge in [-0.15, -0.1) is 0 Å². The molecule has 0 atom stereocenters.